The Morgan fingerprint density at radius 1 is 1.30 bits per heavy atom. The monoisotopic (exact) mass is 318 g/mol. The van der Waals surface area contributed by atoms with Crippen molar-refractivity contribution in [2.45, 2.75) is 32.6 Å². The van der Waals surface area contributed by atoms with E-state index in [1.165, 1.54) is 44.5 Å². The van der Waals surface area contributed by atoms with Gasteiger partial charge in [-0.15, -0.1) is 0 Å². The molecule has 0 saturated carbocycles. The third-order valence-electron chi connectivity index (χ3n) is 4.49. The molecular formula is C18H23FN2O2. The van der Waals surface area contributed by atoms with E-state index in [0.717, 1.165) is 13.0 Å². The summed E-state index contributed by atoms with van der Waals surface area (Å²) in [5.41, 5.74) is 1.23. The summed E-state index contributed by atoms with van der Waals surface area (Å²) < 4.78 is 18.9. The molecule has 1 aromatic carbocycles. The summed E-state index contributed by atoms with van der Waals surface area (Å²) in [4.78, 5) is 14.7. The van der Waals surface area contributed by atoms with E-state index in [4.69, 9.17) is 4.42 Å². The molecule has 3 rings (SSSR count). The quantitative estimate of drug-likeness (QED) is 0.859. The second-order valence-electron chi connectivity index (χ2n) is 6.21. The van der Waals surface area contributed by atoms with Gasteiger partial charge >= 0.3 is 0 Å². The first-order chi connectivity index (χ1) is 11.1. The fourth-order valence-corrected chi connectivity index (χ4v) is 3.18. The molecule has 0 unspecified atom stereocenters. The van der Waals surface area contributed by atoms with E-state index >= 15 is 0 Å². The molecule has 1 aliphatic heterocycles. The third kappa shape index (κ3) is 3.72. The minimum absolute atomic E-state index is 0.224. The molecule has 0 aliphatic carbocycles. The first-order valence-electron chi connectivity index (χ1n) is 8.34. The highest BCUT2D eigenvalue weighted by atomic mass is 19.1. The van der Waals surface area contributed by atoms with Crippen molar-refractivity contribution in [3.63, 3.8) is 0 Å². The molecule has 1 N–H and O–H groups in total. The van der Waals surface area contributed by atoms with Crippen LogP contribution < -0.4 is 5.32 Å². The van der Waals surface area contributed by atoms with Gasteiger partial charge in [-0.25, -0.2) is 4.39 Å². The van der Waals surface area contributed by atoms with Crippen LogP contribution in [-0.4, -0.2) is 37.0 Å². The SMILES string of the molecule is Cc1c(C(=O)NCCCN2CCCCC2)oc2ccc(F)cc12. The lowest BCUT2D eigenvalue weighted by Crippen LogP contribution is -2.33. The van der Waals surface area contributed by atoms with Crippen molar-refractivity contribution in [1.82, 2.24) is 10.2 Å². The zero-order valence-electron chi connectivity index (χ0n) is 13.5. The zero-order chi connectivity index (χ0) is 16.2. The number of nitrogens with one attached hydrogen (secondary N) is 1. The fourth-order valence-electron chi connectivity index (χ4n) is 3.18. The molecule has 23 heavy (non-hydrogen) atoms. The molecule has 5 heteroatoms. The van der Waals surface area contributed by atoms with Gasteiger partial charge in [-0.3, -0.25) is 4.79 Å². The Labute approximate surface area is 135 Å². The van der Waals surface area contributed by atoms with Crippen molar-refractivity contribution in [3.8, 4) is 0 Å². The number of nitrogens with zero attached hydrogens (tertiary/aromatic N) is 1. The first-order valence-corrected chi connectivity index (χ1v) is 8.34. The molecule has 124 valence electrons. The van der Waals surface area contributed by atoms with Crippen LogP contribution in [0.15, 0.2) is 22.6 Å². The van der Waals surface area contributed by atoms with Gasteiger partial charge in [0, 0.05) is 17.5 Å². The average molecular weight is 318 g/mol. The second-order valence-corrected chi connectivity index (χ2v) is 6.21. The topological polar surface area (TPSA) is 45.5 Å². The molecule has 1 saturated heterocycles. The molecule has 0 atom stereocenters. The van der Waals surface area contributed by atoms with E-state index in [1.807, 2.05) is 0 Å². The Morgan fingerprint density at radius 2 is 2.09 bits per heavy atom. The number of fused-ring (bicyclic) bond motifs is 1. The Morgan fingerprint density at radius 3 is 2.87 bits per heavy atom. The van der Waals surface area contributed by atoms with Crippen LogP contribution in [-0.2, 0) is 0 Å². The minimum Gasteiger partial charge on any atom is -0.451 e. The summed E-state index contributed by atoms with van der Waals surface area (Å²) in [6.45, 7) is 5.77. The zero-order valence-corrected chi connectivity index (χ0v) is 13.5. The lowest BCUT2D eigenvalue weighted by molar-refractivity contribution is 0.0924. The predicted octanol–water partition coefficient (Wildman–Crippen LogP) is 3.49. The summed E-state index contributed by atoms with van der Waals surface area (Å²) in [7, 11) is 0. The number of carbonyl (C=O) groups excluding carboxylic acids is 1. The van der Waals surface area contributed by atoms with Gasteiger partial charge in [-0.2, -0.15) is 0 Å². The van der Waals surface area contributed by atoms with Gasteiger partial charge in [0.25, 0.3) is 5.91 Å². The van der Waals surface area contributed by atoms with Gasteiger partial charge in [0.15, 0.2) is 5.76 Å². The number of furan rings is 1. The predicted molar refractivity (Wildman–Crippen MR) is 88.2 cm³/mol. The molecule has 2 aromatic rings. The van der Waals surface area contributed by atoms with Crippen molar-refractivity contribution in [3.05, 3.63) is 35.3 Å². The van der Waals surface area contributed by atoms with Gasteiger partial charge in [-0.05, 0) is 64.0 Å². The van der Waals surface area contributed by atoms with Crippen LogP contribution in [0.3, 0.4) is 0 Å². The van der Waals surface area contributed by atoms with Crippen molar-refractivity contribution >= 4 is 16.9 Å². The van der Waals surface area contributed by atoms with Gasteiger partial charge in [-0.1, -0.05) is 6.42 Å². The third-order valence-corrected chi connectivity index (χ3v) is 4.49. The summed E-state index contributed by atoms with van der Waals surface area (Å²) in [6.07, 6.45) is 4.82. The number of rotatable bonds is 5. The molecule has 2 heterocycles. The summed E-state index contributed by atoms with van der Waals surface area (Å²) in [5.74, 6) is -0.267. The number of hydrogen-bond donors (Lipinski definition) is 1. The molecule has 4 nitrogen and oxygen atoms in total. The molecule has 1 amide bonds. The Hall–Kier alpha value is -1.88. The summed E-state index contributed by atoms with van der Waals surface area (Å²) in [6, 6.07) is 4.30. The van der Waals surface area contributed by atoms with Crippen LogP contribution in [0, 0.1) is 12.7 Å². The van der Waals surface area contributed by atoms with Crippen molar-refractivity contribution < 1.29 is 13.6 Å². The van der Waals surface area contributed by atoms with Gasteiger partial charge in [0.2, 0.25) is 0 Å². The van der Waals surface area contributed by atoms with Crippen LogP contribution in [0.5, 0.6) is 0 Å². The van der Waals surface area contributed by atoms with E-state index in [9.17, 15) is 9.18 Å². The lowest BCUT2D eigenvalue weighted by Gasteiger charge is -2.26. The molecular weight excluding hydrogens is 295 g/mol. The molecule has 0 radical (unpaired) electrons. The van der Waals surface area contributed by atoms with Crippen molar-refractivity contribution in [1.29, 1.82) is 0 Å². The van der Waals surface area contributed by atoms with E-state index in [-0.39, 0.29) is 17.5 Å². The Bertz CT molecular complexity index is 690. The summed E-state index contributed by atoms with van der Waals surface area (Å²) >= 11 is 0. The van der Waals surface area contributed by atoms with Crippen molar-refractivity contribution in [2.24, 2.45) is 0 Å². The second kappa shape index (κ2) is 7.13. The molecule has 0 bridgehead atoms. The van der Waals surface area contributed by atoms with Crippen LogP contribution in [0.1, 0.15) is 41.8 Å². The van der Waals surface area contributed by atoms with Gasteiger partial charge in [0.05, 0.1) is 0 Å². The van der Waals surface area contributed by atoms with E-state index < -0.39 is 0 Å². The molecule has 1 fully saturated rings. The Balaban J connectivity index is 1.55. The van der Waals surface area contributed by atoms with E-state index in [0.29, 0.717) is 23.1 Å². The number of aryl methyl sites for hydroxylation is 1. The number of benzene rings is 1. The molecule has 0 spiro atoms. The molecule has 1 aromatic heterocycles. The number of carbonyl (C=O) groups is 1. The average Bonchev–Trinajstić information content (AvgIpc) is 2.89. The minimum atomic E-state index is -0.324. The van der Waals surface area contributed by atoms with Crippen LogP contribution in [0.2, 0.25) is 0 Å². The first kappa shape index (κ1) is 16.0. The van der Waals surface area contributed by atoms with E-state index in [2.05, 4.69) is 10.2 Å². The van der Waals surface area contributed by atoms with Gasteiger partial charge < -0.3 is 14.6 Å². The maximum atomic E-state index is 13.3. The van der Waals surface area contributed by atoms with Crippen LogP contribution >= 0.6 is 0 Å². The maximum Gasteiger partial charge on any atom is 0.287 e. The fraction of sp³-hybridized carbons (Fsp3) is 0.500. The highest BCUT2D eigenvalue weighted by molar-refractivity contribution is 5.98. The number of halogens is 1. The number of amides is 1. The van der Waals surface area contributed by atoms with Gasteiger partial charge in [0.1, 0.15) is 11.4 Å². The molecule has 1 aliphatic rings. The summed E-state index contributed by atoms with van der Waals surface area (Å²) in [5, 5.41) is 3.56. The van der Waals surface area contributed by atoms with Crippen LogP contribution in [0.25, 0.3) is 11.0 Å². The standard InChI is InChI=1S/C18H23FN2O2/c1-13-15-12-14(19)6-7-16(15)23-17(13)18(22)20-8-5-11-21-9-3-2-4-10-21/h6-7,12H,2-5,8-11H2,1H3,(H,20,22). The van der Waals surface area contributed by atoms with Crippen molar-refractivity contribution in [2.75, 3.05) is 26.2 Å². The highest BCUT2D eigenvalue weighted by Gasteiger charge is 2.17. The Kier molecular flexibility index (Phi) is 4.96. The normalized spacial score (nSPS) is 15.9. The van der Waals surface area contributed by atoms with Crippen LogP contribution in [0.4, 0.5) is 4.39 Å². The highest BCUT2D eigenvalue weighted by Crippen LogP contribution is 2.25. The lowest BCUT2D eigenvalue weighted by atomic mass is 10.1. The maximum absolute atomic E-state index is 13.3. The smallest absolute Gasteiger partial charge is 0.287 e. The van der Waals surface area contributed by atoms with E-state index in [1.54, 1.807) is 13.0 Å². The number of piperidine rings is 1. The number of likely N-dealkylation sites (tertiary alicyclic amines) is 1. The largest absolute Gasteiger partial charge is 0.451 e. The number of hydrogen-bond acceptors (Lipinski definition) is 3.